The van der Waals surface area contributed by atoms with Crippen molar-refractivity contribution in [1.29, 1.82) is 0 Å². The topological polar surface area (TPSA) is 140 Å². The van der Waals surface area contributed by atoms with E-state index in [-0.39, 0.29) is 5.82 Å². The average molecular weight is 383 g/mol. The Morgan fingerprint density at radius 3 is 2.64 bits per heavy atom. The number of benzene rings is 1. The fraction of sp³-hybridized carbons (Fsp3) is 0.421. The normalized spacial score (nSPS) is 28.7. The summed E-state index contributed by atoms with van der Waals surface area (Å²) in [5.74, 6) is 0.211. The predicted octanol–water partition coefficient (Wildman–Crippen LogP) is 0.0340. The zero-order valence-electron chi connectivity index (χ0n) is 15.2. The number of ether oxygens (including phenoxy) is 1. The molecule has 1 aromatic carbocycles. The molecule has 3 heterocycles. The van der Waals surface area contributed by atoms with Gasteiger partial charge in [0.1, 0.15) is 35.8 Å². The molecule has 0 radical (unpaired) electrons. The molecule has 1 unspecified atom stereocenters. The third-order valence-corrected chi connectivity index (χ3v) is 5.91. The molecule has 146 valence electrons. The van der Waals surface area contributed by atoms with Crippen molar-refractivity contribution in [3.63, 3.8) is 0 Å². The summed E-state index contributed by atoms with van der Waals surface area (Å²) in [5.41, 5.74) is 8.18. The Bertz CT molecular complexity index is 1070. The van der Waals surface area contributed by atoms with E-state index in [1.165, 1.54) is 28.3 Å². The lowest BCUT2D eigenvalue weighted by Crippen LogP contribution is -2.45. The Balaban J connectivity index is 1.50. The van der Waals surface area contributed by atoms with E-state index in [0.29, 0.717) is 16.7 Å². The van der Waals surface area contributed by atoms with Gasteiger partial charge in [-0.3, -0.25) is 4.57 Å². The molecule has 0 spiro atoms. The Hall–Kier alpha value is -2.59. The third kappa shape index (κ3) is 2.37. The summed E-state index contributed by atoms with van der Waals surface area (Å²) >= 11 is 0. The first-order valence-electron chi connectivity index (χ1n) is 9.17. The summed E-state index contributed by atoms with van der Waals surface area (Å²) < 4.78 is 7.45. The number of hydrogen-bond acceptors (Lipinski definition) is 8. The van der Waals surface area contributed by atoms with Crippen LogP contribution >= 0.6 is 0 Å². The second kappa shape index (κ2) is 5.95. The Morgan fingerprint density at radius 1 is 1.14 bits per heavy atom. The SMILES string of the molecule is CC(O)(c1ccc2c(c1)CC2)[C@H]1O[C@@H](n2cnc3c(N)ncnc32)[C@H](O)[C@@H]1O. The number of imidazole rings is 1. The van der Waals surface area contributed by atoms with Gasteiger partial charge in [-0.1, -0.05) is 18.2 Å². The lowest BCUT2D eigenvalue weighted by atomic mass is 9.81. The average Bonchev–Trinajstić information content (AvgIpc) is 3.19. The van der Waals surface area contributed by atoms with Crippen molar-refractivity contribution in [3.8, 4) is 0 Å². The molecule has 1 aliphatic carbocycles. The number of aliphatic hydroxyl groups is 3. The molecule has 5 N–H and O–H groups in total. The first kappa shape index (κ1) is 17.5. The van der Waals surface area contributed by atoms with E-state index < -0.39 is 30.1 Å². The second-order valence-corrected chi connectivity index (χ2v) is 7.64. The molecular weight excluding hydrogens is 362 g/mol. The Kier molecular flexibility index (Phi) is 3.72. The minimum absolute atomic E-state index is 0.211. The van der Waals surface area contributed by atoms with E-state index >= 15 is 0 Å². The van der Waals surface area contributed by atoms with E-state index in [9.17, 15) is 15.3 Å². The van der Waals surface area contributed by atoms with Crippen LogP contribution in [0.3, 0.4) is 0 Å². The van der Waals surface area contributed by atoms with Gasteiger partial charge in [0.15, 0.2) is 17.7 Å². The summed E-state index contributed by atoms with van der Waals surface area (Å²) in [4.78, 5) is 12.2. The molecule has 2 aliphatic rings. The van der Waals surface area contributed by atoms with Crippen molar-refractivity contribution >= 4 is 17.0 Å². The van der Waals surface area contributed by atoms with Crippen LogP contribution in [-0.4, -0.2) is 53.2 Å². The molecule has 28 heavy (non-hydrogen) atoms. The van der Waals surface area contributed by atoms with Gasteiger partial charge >= 0.3 is 0 Å². The highest BCUT2D eigenvalue weighted by molar-refractivity contribution is 5.81. The van der Waals surface area contributed by atoms with Crippen LogP contribution in [0.2, 0.25) is 0 Å². The van der Waals surface area contributed by atoms with Crippen molar-refractivity contribution in [2.75, 3.05) is 5.73 Å². The van der Waals surface area contributed by atoms with Gasteiger partial charge in [0.25, 0.3) is 0 Å². The van der Waals surface area contributed by atoms with Gasteiger partial charge in [0, 0.05) is 0 Å². The predicted molar refractivity (Wildman–Crippen MR) is 99.1 cm³/mol. The zero-order valence-corrected chi connectivity index (χ0v) is 15.2. The highest BCUT2D eigenvalue weighted by Gasteiger charge is 2.52. The van der Waals surface area contributed by atoms with Gasteiger partial charge in [0.2, 0.25) is 0 Å². The number of aliphatic hydroxyl groups excluding tert-OH is 2. The molecule has 9 nitrogen and oxygen atoms in total. The molecule has 0 amide bonds. The van der Waals surface area contributed by atoms with Gasteiger partial charge in [-0.25, -0.2) is 15.0 Å². The minimum Gasteiger partial charge on any atom is -0.387 e. The number of nitrogens with two attached hydrogens (primary N) is 1. The second-order valence-electron chi connectivity index (χ2n) is 7.64. The molecule has 3 aromatic rings. The van der Waals surface area contributed by atoms with Crippen LogP contribution in [-0.2, 0) is 23.2 Å². The highest BCUT2D eigenvalue weighted by atomic mass is 16.6. The molecule has 2 aromatic heterocycles. The van der Waals surface area contributed by atoms with Crippen LogP contribution in [0, 0.1) is 0 Å². The maximum Gasteiger partial charge on any atom is 0.167 e. The smallest absolute Gasteiger partial charge is 0.167 e. The minimum atomic E-state index is -1.50. The summed E-state index contributed by atoms with van der Waals surface area (Å²) in [7, 11) is 0. The first-order chi connectivity index (χ1) is 13.4. The van der Waals surface area contributed by atoms with Gasteiger partial charge in [0.05, 0.1) is 6.33 Å². The van der Waals surface area contributed by atoms with E-state index in [0.717, 1.165) is 12.8 Å². The van der Waals surface area contributed by atoms with Crippen LogP contribution in [0.15, 0.2) is 30.9 Å². The Labute approximate surface area is 160 Å². The van der Waals surface area contributed by atoms with Crippen LogP contribution in [0.5, 0.6) is 0 Å². The van der Waals surface area contributed by atoms with Gasteiger partial charge in [-0.05, 0) is 36.5 Å². The number of aromatic nitrogens is 4. The van der Waals surface area contributed by atoms with Crippen molar-refractivity contribution in [2.24, 2.45) is 0 Å². The van der Waals surface area contributed by atoms with E-state index in [1.54, 1.807) is 6.92 Å². The molecular formula is C19H21N5O4. The number of hydrogen-bond donors (Lipinski definition) is 4. The van der Waals surface area contributed by atoms with Gasteiger partial charge < -0.3 is 25.8 Å². The maximum absolute atomic E-state index is 11.2. The number of anilines is 1. The molecule has 1 aliphatic heterocycles. The van der Waals surface area contributed by atoms with E-state index in [4.69, 9.17) is 10.5 Å². The van der Waals surface area contributed by atoms with Crippen molar-refractivity contribution in [2.45, 2.75) is 49.9 Å². The zero-order chi connectivity index (χ0) is 19.6. The lowest BCUT2D eigenvalue weighted by molar-refractivity contribution is -0.136. The number of nitrogen functional groups attached to an aromatic ring is 1. The highest BCUT2D eigenvalue weighted by Crippen LogP contribution is 2.41. The summed E-state index contributed by atoms with van der Waals surface area (Å²) in [5, 5.41) is 32.5. The van der Waals surface area contributed by atoms with E-state index in [2.05, 4.69) is 15.0 Å². The summed E-state index contributed by atoms with van der Waals surface area (Å²) in [6.45, 7) is 1.59. The molecule has 0 bridgehead atoms. The number of nitrogens with zero attached hydrogens (tertiary/aromatic N) is 4. The monoisotopic (exact) mass is 383 g/mol. The lowest BCUT2D eigenvalue weighted by Gasteiger charge is -2.33. The first-order valence-corrected chi connectivity index (χ1v) is 9.17. The molecule has 5 rings (SSSR count). The fourth-order valence-corrected chi connectivity index (χ4v) is 4.08. The molecule has 1 fully saturated rings. The molecule has 9 heteroatoms. The van der Waals surface area contributed by atoms with Crippen molar-refractivity contribution in [1.82, 2.24) is 19.5 Å². The molecule has 1 saturated heterocycles. The number of fused-ring (bicyclic) bond motifs is 2. The molecule has 0 saturated carbocycles. The summed E-state index contributed by atoms with van der Waals surface area (Å²) in [6.07, 6.45) is 0.140. The van der Waals surface area contributed by atoms with Crippen molar-refractivity contribution in [3.05, 3.63) is 47.5 Å². The third-order valence-electron chi connectivity index (χ3n) is 5.91. The van der Waals surface area contributed by atoms with E-state index in [1.807, 2.05) is 18.2 Å². The fourth-order valence-electron chi connectivity index (χ4n) is 4.08. The Morgan fingerprint density at radius 2 is 1.93 bits per heavy atom. The maximum atomic E-state index is 11.2. The van der Waals surface area contributed by atoms with Gasteiger partial charge in [-0.15, -0.1) is 0 Å². The van der Waals surface area contributed by atoms with Crippen molar-refractivity contribution < 1.29 is 20.1 Å². The standard InChI is InChI=1S/C19H21N5O4/c1-19(27,11-5-4-9-2-3-10(9)6-11)15-13(25)14(26)18(28-15)24-8-23-12-16(20)21-7-22-17(12)24/h4-8,13-15,18,25-27H,2-3H2,1H3,(H2,20,21,22)/t13-,14+,15-,18+,19?/m0/s1. The summed E-state index contributed by atoms with van der Waals surface area (Å²) in [6, 6.07) is 5.77. The number of rotatable bonds is 3. The van der Waals surface area contributed by atoms with Crippen LogP contribution in [0.25, 0.3) is 11.2 Å². The van der Waals surface area contributed by atoms with Crippen LogP contribution < -0.4 is 5.73 Å². The largest absolute Gasteiger partial charge is 0.387 e. The number of aryl methyl sites for hydroxylation is 2. The van der Waals surface area contributed by atoms with Gasteiger partial charge in [-0.2, -0.15) is 0 Å². The molecule has 5 atom stereocenters. The quantitative estimate of drug-likeness (QED) is 0.497. The van der Waals surface area contributed by atoms with Crippen LogP contribution in [0.1, 0.15) is 29.8 Å². The van der Waals surface area contributed by atoms with Crippen LogP contribution in [0.4, 0.5) is 5.82 Å².